The van der Waals surface area contributed by atoms with E-state index in [4.69, 9.17) is 5.11 Å². The van der Waals surface area contributed by atoms with E-state index in [2.05, 4.69) is 10.6 Å². The molecule has 1 heterocycles. The van der Waals surface area contributed by atoms with Gasteiger partial charge >= 0.3 is 12.0 Å². The Labute approximate surface area is 105 Å². The maximum absolute atomic E-state index is 11.9. The van der Waals surface area contributed by atoms with E-state index in [-0.39, 0.29) is 30.4 Å². The Morgan fingerprint density at radius 3 is 2.78 bits per heavy atom. The highest BCUT2D eigenvalue weighted by atomic mass is 16.4. The molecule has 100 valence electrons. The minimum atomic E-state index is -0.802. The van der Waals surface area contributed by atoms with Crippen LogP contribution in [0.4, 0.5) is 4.79 Å². The number of piperazine rings is 1. The van der Waals surface area contributed by atoms with Crippen LogP contribution in [0.15, 0.2) is 0 Å². The smallest absolute Gasteiger partial charge is 0.318 e. The quantitative estimate of drug-likeness (QED) is 0.612. The molecule has 2 fully saturated rings. The monoisotopic (exact) mass is 255 g/mol. The summed E-state index contributed by atoms with van der Waals surface area (Å²) in [6.07, 6.45) is 1.75. The second-order valence-electron chi connectivity index (χ2n) is 4.77. The summed E-state index contributed by atoms with van der Waals surface area (Å²) in [5.74, 6) is -1.32. The molecule has 0 aromatic carbocycles. The summed E-state index contributed by atoms with van der Waals surface area (Å²) in [6.45, 7) is 1.03. The predicted molar refractivity (Wildman–Crippen MR) is 61.9 cm³/mol. The predicted octanol–water partition coefficient (Wildman–Crippen LogP) is -0.619. The standard InChI is InChI=1S/C11H17N3O4/c15-9-6-14(4-3-12-9)11(18)13-8-2-1-7(5-8)10(16)17/h7-8H,1-6H2,(H,12,15)(H,13,18)(H,16,17). The van der Waals surface area contributed by atoms with Crippen LogP contribution in [0.1, 0.15) is 19.3 Å². The minimum Gasteiger partial charge on any atom is -0.481 e. The van der Waals surface area contributed by atoms with E-state index in [1.165, 1.54) is 4.90 Å². The normalized spacial score (nSPS) is 27.8. The third kappa shape index (κ3) is 2.91. The van der Waals surface area contributed by atoms with E-state index in [0.29, 0.717) is 32.4 Å². The van der Waals surface area contributed by atoms with Gasteiger partial charge in [-0.05, 0) is 19.3 Å². The van der Waals surface area contributed by atoms with Gasteiger partial charge in [-0.3, -0.25) is 9.59 Å². The number of carboxylic acids is 1. The number of carbonyl (C=O) groups is 3. The molecule has 0 aromatic rings. The van der Waals surface area contributed by atoms with Crippen molar-refractivity contribution in [2.24, 2.45) is 5.92 Å². The van der Waals surface area contributed by atoms with Gasteiger partial charge in [0.1, 0.15) is 6.54 Å². The number of carboxylic acid groups (broad SMARTS) is 1. The van der Waals surface area contributed by atoms with Crippen molar-refractivity contribution in [2.45, 2.75) is 25.3 Å². The van der Waals surface area contributed by atoms with E-state index in [9.17, 15) is 14.4 Å². The molecule has 2 atom stereocenters. The molecular weight excluding hydrogens is 238 g/mol. The maximum atomic E-state index is 11.9. The first-order valence-corrected chi connectivity index (χ1v) is 6.11. The highest BCUT2D eigenvalue weighted by molar-refractivity contribution is 5.85. The number of amides is 3. The third-order valence-corrected chi connectivity index (χ3v) is 3.44. The summed E-state index contributed by atoms with van der Waals surface area (Å²) in [7, 11) is 0. The zero-order valence-corrected chi connectivity index (χ0v) is 10.0. The van der Waals surface area contributed by atoms with E-state index in [1.54, 1.807) is 0 Å². The fraction of sp³-hybridized carbons (Fsp3) is 0.727. The van der Waals surface area contributed by atoms with Crippen molar-refractivity contribution < 1.29 is 19.5 Å². The summed E-state index contributed by atoms with van der Waals surface area (Å²) in [5.41, 5.74) is 0. The van der Waals surface area contributed by atoms with Gasteiger partial charge in [-0.25, -0.2) is 4.79 Å². The lowest BCUT2D eigenvalue weighted by Crippen LogP contribution is -2.54. The van der Waals surface area contributed by atoms with E-state index in [0.717, 1.165) is 0 Å². The Morgan fingerprint density at radius 1 is 1.39 bits per heavy atom. The number of nitrogens with one attached hydrogen (secondary N) is 2. The van der Waals surface area contributed by atoms with Gasteiger partial charge in [-0.1, -0.05) is 0 Å². The lowest BCUT2D eigenvalue weighted by molar-refractivity contribution is -0.141. The molecule has 0 bridgehead atoms. The van der Waals surface area contributed by atoms with Crippen LogP contribution < -0.4 is 10.6 Å². The van der Waals surface area contributed by atoms with Gasteiger partial charge in [0, 0.05) is 19.1 Å². The van der Waals surface area contributed by atoms with Crippen molar-refractivity contribution >= 4 is 17.9 Å². The molecule has 3 N–H and O–H groups in total. The topological polar surface area (TPSA) is 98.7 Å². The van der Waals surface area contributed by atoms with Gasteiger partial charge in [-0.15, -0.1) is 0 Å². The number of hydrogen-bond donors (Lipinski definition) is 3. The largest absolute Gasteiger partial charge is 0.481 e. The molecule has 2 unspecified atom stereocenters. The first-order valence-electron chi connectivity index (χ1n) is 6.11. The molecule has 0 spiro atoms. The molecule has 2 rings (SSSR count). The molecule has 3 amide bonds. The SMILES string of the molecule is O=C1CN(C(=O)NC2CCC(C(=O)O)C2)CCN1. The summed E-state index contributed by atoms with van der Waals surface area (Å²) in [5, 5.41) is 14.3. The van der Waals surface area contributed by atoms with Crippen LogP contribution in [0, 0.1) is 5.92 Å². The molecule has 1 aliphatic heterocycles. The van der Waals surface area contributed by atoms with Gasteiger partial charge in [0.25, 0.3) is 0 Å². The molecule has 18 heavy (non-hydrogen) atoms. The molecule has 1 saturated heterocycles. The zero-order chi connectivity index (χ0) is 13.1. The number of carbonyl (C=O) groups excluding carboxylic acids is 2. The van der Waals surface area contributed by atoms with Crippen LogP contribution in [0.3, 0.4) is 0 Å². The van der Waals surface area contributed by atoms with Crippen molar-refractivity contribution in [3.63, 3.8) is 0 Å². The first kappa shape index (κ1) is 12.7. The molecule has 0 radical (unpaired) electrons. The zero-order valence-electron chi connectivity index (χ0n) is 10.0. The highest BCUT2D eigenvalue weighted by Gasteiger charge is 2.32. The lowest BCUT2D eigenvalue weighted by Gasteiger charge is -2.28. The van der Waals surface area contributed by atoms with Crippen LogP contribution in [0.2, 0.25) is 0 Å². The Hall–Kier alpha value is -1.79. The van der Waals surface area contributed by atoms with Crippen LogP contribution in [-0.2, 0) is 9.59 Å². The number of nitrogens with zero attached hydrogens (tertiary/aromatic N) is 1. The molecule has 7 heteroatoms. The number of rotatable bonds is 2. The van der Waals surface area contributed by atoms with Gasteiger partial charge < -0.3 is 20.6 Å². The Bertz CT molecular complexity index is 371. The van der Waals surface area contributed by atoms with Crippen molar-refractivity contribution in [1.29, 1.82) is 0 Å². The third-order valence-electron chi connectivity index (χ3n) is 3.44. The number of aliphatic carboxylic acids is 1. The molecular formula is C11H17N3O4. The average Bonchev–Trinajstić information content (AvgIpc) is 2.77. The molecule has 7 nitrogen and oxygen atoms in total. The van der Waals surface area contributed by atoms with Crippen LogP contribution in [0.25, 0.3) is 0 Å². The van der Waals surface area contributed by atoms with E-state index >= 15 is 0 Å². The van der Waals surface area contributed by atoms with Gasteiger partial charge in [0.2, 0.25) is 5.91 Å². The van der Waals surface area contributed by atoms with Crippen molar-refractivity contribution in [2.75, 3.05) is 19.6 Å². The Morgan fingerprint density at radius 2 is 2.17 bits per heavy atom. The second-order valence-corrected chi connectivity index (χ2v) is 4.77. The summed E-state index contributed by atoms with van der Waals surface area (Å²) >= 11 is 0. The fourth-order valence-electron chi connectivity index (χ4n) is 2.41. The summed E-state index contributed by atoms with van der Waals surface area (Å²) in [6, 6.07) is -0.371. The Kier molecular flexibility index (Phi) is 3.69. The van der Waals surface area contributed by atoms with E-state index in [1.807, 2.05) is 0 Å². The van der Waals surface area contributed by atoms with Crippen molar-refractivity contribution in [3.8, 4) is 0 Å². The first-order chi connectivity index (χ1) is 8.56. The van der Waals surface area contributed by atoms with Crippen LogP contribution >= 0.6 is 0 Å². The molecule has 1 aliphatic carbocycles. The van der Waals surface area contributed by atoms with E-state index < -0.39 is 5.97 Å². The molecule has 2 aliphatic rings. The summed E-state index contributed by atoms with van der Waals surface area (Å²) in [4.78, 5) is 35.3. The average molecular weight is 255 g/mol. The van der Waals surface area contributed by atoms with Crippen molar-refractivity contribution in [3.05, 3.63) is 0 Å². The lowest BCUT2D eigenvalue weighted by atomic mass is 10.1. The van der Waals surface area contributed by atoms with Gasteiger partial charge in [0.15, 0.2) is 0 Å². The maximum Gasteiger partial charge on any atom is 0.318 e. The molecule has 0 aromatic heterocycles. The van der Waals surface area contributed by atoms with Gasteiger partial charge in [-0.2, -0.15) is 0 Å². The highest BCUT2D eigenvalue weighted by Crippen LogP contribution is 2.25. The van der Waals surface area contributed by atoms with Gasteiger partial charge in [0.05, 0.1) is 5.92 Å². The summed E-state index contributed by atoms with van der Waals surface area (Å²) < 4.78 is 0. The van der Waals surface area contributed by atoms with Crippen molar-refractivity contribution in [1.82, 2.24) is 15.5 Å². The fourth-order valence-corrected chi connectivity index (χ4v) is 2.41. The number of hydrogen-bond acceptors (Lipinski definition) is 3. The molecule has 1 saturated carbocycles. The number of urea groups is 1. The van der Waals surface area contributed by atoms with Crippen LogP contribution in [-0.4, -0.2) is 53.6 Å². The van der Waals surface area contributed by atoms with Crippen LogP contribution in [0.5, 0.6) is 0 Å². The minimum absolute atomic E-state index is 0.0703. The second kappa shape index (κ2) is 5.24. The Balaban J connectivity index is 1.81.